The summed E-state index contributed by atoms with van der Waals surface area (Å²) in [6.07, 6.45) is 7.40. The van der Waals surface area contributed by atoms with Crippen LogP contribution >= 0.6 is 0 Å². The molecule has 2 aromatic rings. The van der Waals surface area contributed by atoms with Crippen molar-refractivity contribution in [1.29, 1.82) is 10.7 Å². The van der Waals surface area contributed by atoms with Gasteiger partial charge in [0.15, 0.2) is 5.96 Å². The number of nitriles is 1. The van der Waals surface area contributed by atoms with Crippen molar-refractivity contribution in [2.75, 3.05) is 0 Å². The molecule has 1 amide bonds. The van der Waals surface area contributed by atoms with Crippen LogP contribution in [0.5, 0.6) is 0 Å². The van der Waals surface area contributed by atoms with Crippen LogP contribution in [0.2, 0.25) is 0 Å². The van der Waals surface area contributed by atoms with Crippen molar-refractivity contribution in [3.63, 3.8) is 0 Å². The minimum Gasteiger partial charge on any atom is -0.370 e. The molecule has 1 fully saturated rings. The molecule has 1 atom stereocenters. The molecule has 9 nitrogen and oxygen atoms in total. The highest BCUT2D eigenvalue weighted by atomic mass is 16.1. The first kappa shape index (κ1) is 20.3. The maximum atomic E-state index is 12.6. The van der Waals surface area contributed by atoms with Crippen LogP contribution in [-0.4, -0.2) is 33.5 Å². The Kier molecular flexibility index (Phi) is 5.29. The molecule has 1 aliphatic carbocycles. The molecular weight excluding hydrogens is 392 g/mol. The van der Waals surface area contributed by atoms with Crippen LogP contribution in [0.3, 0.4) is 0 Å². The molecule has 1 saturated carbocycles. The number of amidine groups is 1. The van der Waals surface area contributed by atoms with Crippen LogP contribution in [0.25, 0.3) is 5.57 Å². The van der Waals surface area contributed by atoms with Crippen LogP contribution in [0, 0.1) is 16.7 Å². The smallest absolute Gasteiger partial charge is 0.259 e. The molecule has 1 aromatic carbocycles. The summed E-state index contributed by atoms with van der Waals surface area (Å²) in [4.78, 5) is 16.9. The third-order valence-corrected chi connectivity index (χ3v) is 5.98. The Balaban J connectivity index is 1.50. The molecule has 4 rings (SSSR count). The van der Waals surface area contributed by atoms with Crippen molar-refractivity contribution in [2.24, 2.45) is 10.7 Å². The number of carbonyl (C=O) groups excluding carboxylic acids is 1. The fourth-order valence-corrected chi connectivity index (χ4v) is 4.05. The zero-order valence-electron chi connectivity index (χ0n) is 17.2. The summed E-state index contributed by atoms with van der Waals surface area (Å²) in [7, 11) is 0. The first-order chi connectivity index (χ1) is 14.9. The molecule has 31 heavy (non-hydrogen) atoms. The fourth-order valence-electron chi connectivity index (χ4n) is 4.05. The Morgan fingerprint density at radius 3 is 2.77 bits per heavy atom. The average Bonchev–Trinajstić information content (AvgIpc) is 3.17. The summed E-state index contributed by atoms with van der Waals surface area (Å²) in [6, 6.07) is 10.0. The minimum atomic E-state index is -0.496. The number of rotatable bonds is 5. The largest absolute Gasteiger partial charge is 0.370 e. The number of hydrogen-bond acceptors (Lipinski definition) is 7. The van der Waals surface area contributed by atoms with E-state index in [0.717, 1.165) is 36.0 Å². The number of nitrogens with two attached hydrogens (primary N) is 1. The minimum absolute atomic E-state index is 0.0377. The van der Waals surface area contributed by atoms with E-state index in [-0.39, 0.29) is 24.3 Å². The summed E-state index contributed by atoms with van der Waals surface area (Å²) < 4.78 is 1.39. The molecule has 0 radical (unpaired) electrons. The molecule has 1 unspecified atom stereocenters. The Hall–Kier alpha value is -3.93. The molecule has 1 aromatic heterocycles. The van der Waals surface area contributed by atoms with Gasteiger partial charge in [0.2, 0.25) is 0 Å². The van der Waals surface area contributed by atoms with Crippen molar-refractivity contribution in [3.8, 4) is 6.07 Å². The van der Waals surface area contributed by atoms with E-state index < -0.39 is 5.41 Å². The Morgan fingerprint density at radius 1 is 1.42 bits per heavy atom. The number of hydrogen-bond donors (Lipinski definition) is 4. The lowest BCUT2D eigenvalue weighted by molar-refractivity contribution is 0.0972. The van der Waals surface area contributed by atoms with Crippen molar-refractivity contribution < 1.29 is 4.79 Å². The Labute approximate surface area is 180 Å². The van der Waals surface area contributed by atoms with Crippen LogP contribution in [0.4, 0.5) is 0 Å². The van der Waals surface area contributed by atoms with Gasteiger partial charge in [0.05, 0.1) is 29.3 Å². The lowest BCUT2D eigenvalue weighted by atomic mass is 9.63. The quantitative estimate of drug-likeness (QED) is 0.434. The molecule has 0 saturated heterocycles. The predicted molar refractivity (Wildman–Crippen MR) is 117 cm³/mol. The van der Waals surface area contributed by atoms with Gasteiger partial charge in [0, 0.05) is 12.4 Å². The third-order valence-electron chi connectivity index (χ3n) is 5.98. The number of amides is 1. The van der Waals surface area contributed by atoms with Crippen LogP contribution in [0.1, 0.15) is 47.7 Å². The van der Waals surface area contributed by atoms with E-state index in [1.807, 2.05) is 43.5 Å². The summed E-state index contributed by atoms with van der Waals surface area (Å²) in [5.41, 5.74) is 8.64. The third kappa shape index (κ3) is 3.80. The number of carbonyl (C=O) groups is 1. The highest BCUT2D eigenvalue weighted by molar-refractivity contribution is 6.09. The van der Waals surface area contributed by atoms with E-state index in [9.17, 15) is 4.79 Å². The van der Waals surface area contributed by atoms with E-state index in [2.05, 4.69) is 20.7 Å². The summed E-state index contributed by atoms with van der Waals surface area (Å²) in [5, 5.41) is 27.1. The highest BCUT2D eigenvalue weighted by Crippen LogP contribution is 2.44. The van der Waals surface area contributed by atoms with E-state index in [4.69, 9.17) is 16.4 Å². The molecule has 9 heteroatoms. The molecule has 1 aliphatic heterocycles. The number of nitrogens with one attached hydrogen (secondary N) is 3. The predicted octanol–water partition coefficient (Wildman–Crippen LogP) is 1.88. The second-order valence-electron chi connectivity index (χ2n) is 7.86. The number of aliphatic imine (C=N–C) groups is 1. The Bertz CT molecular complexity index is 1120. The first-order valence-electron chi connectivity index (χ1n) is 10.1. The van der Waals surface area contributed by atoms with Crippen molar-refractivity contribution in [2.45, 2.75) is 44.2 Å². The topological polar surface area (TPSA) is 145 Å². The van der Waals surface area contributed by atoms with Gasteiger partial charge in [-0.05, 0) is 36.5 Å². The number of benzene rings is 1. The van der Waals surface area contributed by atoms with Crippen molar-refractivity contribution in [1.82, 2.24) is 20.4 Å². The normalized spacial score (nSPS) is 19.2. The van der Waals surface area contributed by atoms with Gasteiger partial charge < -0.3 is 16.4 Å². The van der Waals surface area contributed by atoms with Gasteiger partial charge in [-0.15, -0.1) is 0 Å². The van der Waals surface area contributed by atoms with Gasteiger partial charge in [-0.2, -0.15) is 10.4 Å². The van der Waals surface area contributed by atoms with Crippen LogP contribution < -0.4 is 16.4 Å². The fraction of sp³-hybridized carbons (Fsp3) is 0.318. The van der Waals surface area contributed by atoms with E-state index >= 15 is 0 Å². The van der Waals surface area contributed by atoms with E-state index in [0.29, 0.717) is 11.5 Å². The van der Waals surface area contributed by atoms with E-state index in [1.165, 1.54) is 17.1 Å². The molecule has 2 heterocycles. The Morgan fingerprint density at radius 2 is 2.16 bits per heavy atom. The summed E-state index contributed by atoms with van der Waals surface area (Å²) >= 11 is 0. The molecule has 2 aliphatic rings. The van der Waals surface area contributed by atoms with Gasteiger partial charge in [0.25, 0.3) is 5.91 Å². The SMILES string of the molecule is CC1N=C(N)NC=C1c1ccc(C2(C(=N)NC(=O)c3cnn(CC#N)c3)CCC2)cc1. The number of nitrogens with zero attached hydrogens (tertiary/aromatic N) is 4. The van der Waals surface area contributed by atoms with Gasteiger partial charge in [-0.3, -0.25) is 14.9 Å². The van der Waals surface area contributed by atoms with Gasteiger partial charge >= 0.3 is 0 Å². The second-order valence-corrected chi connectivity index (χ2v) is 7.86. The lowest BCUT2D eigenvalue weighted by Crippen LogP contribution is -2.50. The number of aromatic nitrogens is 2. The molecule has 5 N–H and O–H groups in total. The average molecular weight is 416 g/mol. The van der Waals surface area contributed by atoms with Crippen LogP contribution in [-0.2, 0) is 12.0 Å². The van der Waals surface area contributed by atoms with Gasteiger partial charge in [0.1, 0.15) is 12.4 Å². The first-order valence-corrected chi connectivity index (χ1v) is 10.1. The zero-order valence-corrected chi connectivity index (χ0v) is 17.2. The maximum absolute atomic E-state index is 12.6. The standard InChI is InChI=1S/C22H24N8O/c1-14-18(12-26-21(25)28-14)15-3-5-17(6-4-15)22(7-2-8-22)20(24)29-19(31)16-11-27-30(13-16)10-9-23/h3-6,11-14H,2,7-8,10H2,1H3,(H2,24,29,31)(H3,25,26,28). The molecule has 158 valence electrons. The van der Waals surface area contributed by atoms with Crippen molar-refractivity contribution in [3.05, 3.63) is 59.5 Å². The second kappa shape index (κ2) is 8.07. The summed E-state index contributed by atoms with van der Waals surface area (Å²) in [6.45, 7) is 2.06. The van der Waals surface area contributed by atoms with Gasteiger partial charge in [-0.25, -0.2) is 4.99 Å². The molecule has 0 bridgehead atoms. The van der Waals surface area contributed by atoms with Crippen LogP contribution in [0.15, 0.2) is 47.9 Å². The highest BCUT2D eigenvalue weighted by Gasteiger charge is 2.43. The molecule has 0 spiro atoms. The summed E-state index contributed by atoms with van der Waals surface area (Å²) in [5.74, 6) is 0.206. The zero-order chi connectivity index (χ0) is 22.0. The molecular formula is C22H24N8O. The van der Waals surface area contributed by atoms with Crippen molar-refractivity contribution >= 4 is 23.3 Å². The monoisotopic (exact) mass is 416 g/mol. The van der Waals surface area contributed by atoms with Gasteiger partial charge in [-0.1, -0.05) is 30.7 Å². The lowest BCUT2D eigenvalue weighted by Gasteiger charge is -2.42. The number of guanidine groups is 1. The van der Waals surface area contributed by atoms with E-state index in [1.54, 1.807) is 0 Å². The maximum Gasteiger partial charge on any atom is 0.259 e.